The Morgan fingerprint density at radius 3 is 2.35 bits per heavy atom. The van der Waals surface area contributed by atoms with Crippen LogP contribution in [0.4, 0.5) is 0 Å². The van der Waals surface area contributed by atoms with Crippen molar-refractivity contribution in [1.29, 1.82) is 0 Å². The van der Waals surface area contributed by atoms with Gasteiger partial charge < -0.3 is 15.1 Å². The first kappa shape index (κ1) is 13.2. The number of carbonyl (C=O) groups excluding carboxylic acids is 1. The summed E-state index contributed by atoms with van der Waals surface area (Å²) >= 11 is 0. The van der Waals surface area contributed by atoms with Gasteiger partial charge in [-0.1, -0.05) is 6.07 Å². The molecule has 5 heteroatoms. The maximum Gasteiger partial charge on any atom is 0.377 e. The van der Waals surface area contributed by atoms with Gasteiger partial charge in [0.2, 0.25) is 0 Å². The predicted octanol–water partition coefficient (Wildman–Crippen LogP) is 1.03. The lowest BCUT2D eigenvalue weighted by molar-refractivity contribution is -0.131. The molecule has 2 N–H and O–H groups in total. The monoisotopic (exact) mass is 237 g/mol. The highest BCUT2D eigenvalue weighted by Crippen LogP contribution is 2.26. The summed E-state index contributed by atoms with van der Waals surface area (Å²) in [4.78, 5) is 23.8. The molecule has 0 aromatic heterocycles. The number of hydrogen-bond donors (Lipinski definition) is 2. The van der Waals surface area contributed by atoms with Crippen LogP contribution < -0.4 is 0 Å². The predicted molar refractivity (Wildman–Crippen MR) is 62.2 cm³/mol. The van der Waals surface area contributed by atoms with E-state index >= 15 is 0 Å². The summed E-state index contributed by atoms with van der Waals surface area (Å²) < 4.78 is 0. The van der Waals surface area contributed by atoms with E-state index in [-0.39, 0.29) is 11.3 Å². The largest absolute Gasteiger partial charge is 0.507 e. The van der Waals surface area contributed by atoms with E-state index < -0.39 is 11.8 Å². The van der Waals surface area contributed by atoms with Crippen molar-refractivity contribution in [2.75, 3.05) is 14.1 Å². The Kier molecular flexibility index (Phi) is 3.85. The third kappa shape index (κ3) is 3.04. The fourth-order valence-electron chi connectivity index (χ4n) is 1.60. The zero-order chi connectivity index (χ0) is 13.2. The second-order valence-corrected chi connectivity index (χ2v) is 4.19. The van der Waals surface area contributed by atoms with Crippen molar-refractivity contribution in [2.45, 2.75) is 13.5 Å². The molecule has 17 heavy (non-hydrogen) atoms. The lowest BCUT2D eigenvalue weighted by atomic mass is 10.0. The summed E-state index contributed by atoms with van der Waals surface area (Å²) in [7, 11) is 3.64. The highest BCUT2D eigenvalue weighted by atomic mass is 16.4. The Labute approximate surface area is 99.3 Å². The van der Waals surface area contributed by atoms with Crippen LogP contribution in [0.1, 0.15) is 21.5 Å². The van der Waals surface area contributed by atoms with Gasteiger partial charge in [0.05, 0.1) is 5.56 Å². The first-order valence-electron chi connectivity index (χ1n) is 5.07. The van der Waals surface area contributed by atoms with Gasteiger partial charge in [-0.25, -0.2) is 4.79 Å². The minimum atomic E-state index is -1.57. The molecule has 92 valence electrons. The average molecular weight is 237 g/mol. The van der Waals surface area contributed by atoms with E-state index in [4.69, 9.17) is 5.11 Å². The molecule has 0 saturated carbocycles. The zero-order valence-electron chi connectivity index (χ0n) is 10.0. The molecular weight excluding hydrogens is 222 g/mol. The number of benzene rings is 1. The van der Waals surface area contributed by atoms with E-state index in [0.717, 1.165) is 5.56 Å². The molecular formula is C12H15NO4. The molecule has 0 aliphatic heterocycles. The highest BCUT2D eigenvalue weighted by Gasteiger charge is 2.21. The van der Waals surface area contributed by atoms with Gasteiger partial charge in [0.15, 0.2) is 0 Å². The van der Waals surface area contributed by atoms with Crippen molar-refractivity contribution in [1.82, 2.24) is 4.90 Å². The Hall–Kier alpha value is -1.88. The number of ketones is 1. The quantitative estimate of drug-likeness (QED) is 0.604. The van der Waals surface area contributed by atoms with Gasteiger partial charge in [0, 0.05) is 12.1 Å². The van der Waals surface area contributed by atoms with Crippen LogP contribution in [0.2, 0.25) is 0 Å². The van der Waals surface area contributed by atoms with Crippen molar-refractivity contribution in [3.63, 3.8) is 0 Å². The third-order valence-corrected chi connectivity index (χ3v) is 2.26. The first-order valence-corrected chi connectivity index (χ1v) is 5.07. The number of phenols is 1. The van der Waals surface area contributed by atoms with Gasteiger partial charge in [-0.05, 0) is 32.6 Å². The molecule has 0 radical (unpaired) electrons. The SMILES string of the molecule is Cc1cc(CN(C)C)c(O)c(C(=O)C(=O)O)c1. The van der Waals surface area contributed by atoms with Crippen LogP contribution in [-0.2, 0) is 11.3 Å². The van der Waals surface area contributed by atoms with Crippen molar-refractivity contribution in [2.24, 2.45) is 0 Å². The third-order valence-electron chi connectivity index (χ3n) is 2.26. The summed E-state index contributed by atoms with van der Waals surface area (Å²) in [6, 6.07) is 3.11. The molecule has 0 aliphatic carbocycles. The number of carboxylic acid groups (broad SMARTS) is 1. The molecule has 1 aromatic carbocycles. The molecule has 0 amide bonds. The van der Waals surface area contributed by atoms with E-state index in [1.54, 1.807) is 13.0 Å². The molecule has 5 nitrogen and oxygen atoms in total. The number of aryl methyl sites for hydroxylation is 1. The maximum absolute atomic E-state index is 11.4. The van der Waals surface area contributed by atoms with Gasteiger partial charge in [0.1, 0.15) is 5.75 Å². The van der Waals surface area contributed by atoms with Crippen molar-refractivity contribution in [3.8, 4) is 5.75 Å². The maximum atomic E-state index is 11.4. The molecule has 0 atom stereocenters. The van der Waals surface area contributed by atoms with Crippen molar-refractivity contribution >= 4 is 11.8 Å². The van der Waals surface area contributed by atoms with Crippen LogP contribution in [0, 0.1) is 6.92 Å². The van der Waals surface area contributed by atoms with Crippen molar-refractivity contribution < 1.29 is 19.8 Å². The molecule has 1 aromatic rings. The number of carboxylic acids is 1. The topological polar surface area (TPSA) is 77.8 Å². The van der Waals surface area contributed by atoms with Crippen LogP contribution >= 0.6 is 0 Å². The van der Waals surface area contributed by atoms with Gasteiger partial charge >= 0.3 is 5.97 Å². The first-order chi connectivity index (χ1) is 7.82. The van der Waals surface area contributed by atoms with Crippen LogP contribution in [-0.4, -0.2) is 41.0 Å². The van der Waals surface area contributed by atoms with E-state index in [1.807, 2.05) is 19.0 Å². The van der Waals surface area contributed by atoms with Gasteiger partial charge in [0.25, 0.3) is 5.78 Å². The number of nitrogens with zero attached hydrogens (tertiary/aromatic N) is 1. The number of phenolic OH excluding ortho intramolecular Hbond substituents is 1. The van der Waals surface area contributed by atoms with Crippen LogP contribution in [0.3, 0.4) is 0 Å². The van der Waals surface area contributed by atoms with E-state index in [1.165, 1.54) is 6.07 Å². The molecule has 0 unspecified atom stereocenters. The minimum absolute atomic E-state index is 0.158. The number of Topliss-reactive ketones (excluding diaryl/α,β-unsaturated/α-hetero) is 1. The molecule has 0 heterocycles. The van der Waals surface area contributed by atoms with E-state index in [0.29, 0.717) is 12.1 Å². The lowest BCUT2D eigenvalue weighted by Crippen LogP contribution is -2.16. The van der Waals surface area contributed by atoms with E-state index in [9.17, 15) is 14.7 Å². The molecule has 0 bridgehead atoms. The molecule has 0 aliphatic rings. The molecule has 0 fully saturated rings. The second-order valence-electron chi connectivity index (χ2n) is 4.19. The van der Waals surface area contributed by atoms with Crippen molar-refractivity contribution in [3.05, 3.63) is 28.8 Å². The summed E-state index contributed by atoms with van der Waals surface area (Å²) in [5.41, 5.74) is 1.12. The summed E-state index contributed by atoms with van der Waals surface area (Å²) in [5, 5.41) is 18.5. The van der Waals surface area contributed by atoms with Gasteiger partial charge in [-0.15, -0.1) is 0 Å². The number of aromatic hydroxyl groups is 1. The summed E-state index contributed by atoms with van der Waals surface area (Å²) in [6.07, 6.45) is 0. The normalized spacial score (nSPS) is 10.6. The van der Waals surface area contributed by atoms with E-state index in [2.05, 4.69) is 0 Å². The number of aliphatic carboxylic acids is 1. The van der Waals surface area contributed by atoms with Gasteiger partial charge in [-0.3, -0.25) is 4.79 Å². The standard InChI is InChI=1S/C12H15NO4/c1-7-4-8(6-13(2)3)10(14)9(5-7)11(15)12(16)17/h4-5,14H,6H2,1-3H3,(H,16,17). The van der Waals surface area contributed by atoms with Crippen LogP contribution in [0.15, 0.2) is 12.1 Å². The Morgan fingerprint density at radius 2 is 1.88 bits per heavy atom. The Bertz CT molecular complexity index is 466. The van der Waals surface area contributed by atoms with Gasteiger partial charge in [-0.2, -0.15) is 0 Å². The average Bonchev–Trinajstić information content (AvgIpc) is 2.21. The Balaban J connectivity index is 3.28. The Morgan fingerprint density at radius 1 is 1.29 bits per heavy atom. The number of rotatable bonds is 4. The highest BCUT2D eigenvalue weighted by molar-refractivity contribution is 6.40. The van der Waals surface area contributed by atoms with Crippen LogP contribution in [0.25, 0.3) is 0 Å². The molecule has 0 saturated heterocycles. The summed E-state index contributed by atoms with van der Waals surface area (Å²) in [6.45, 7) is 2.19. The smallest absolute Gasteiger partial charge is 0.377 e. The second kappa shape index (κ2) is 4.97. The van der Waals surface area contributed by atoms with Crippen LogP contribution in [0.5, 0.6) is 5.75 Å². The number of carbonyl (C=O) groups is 2. The molecule has 1 rings (SSSR count). The molecule has 0 spiro atoms. The summed E-state index contributed by atoms with van der Waals surface area (Å²) in [5.74, 6) is -2.91. The fraction of sp³-hybridized carbons (Fsp3) is 0.333. The lowest BCUT2D eigenvalue weighted by Gasteiger charge is -2.13. The minimum Gasteiger partial charge on any atom is -0.507 e. The fourth-order valence-corrected chi connectivity index (χ4v) is 1.60. The zero-order valence-corrected chi connectivity index (χ0v) is 10.0. The number of hydrogen-bond acceptors (Lipinski definition) is 4.